The number of carbonyl (C=O) groups is 1. The van der Waals surface area contributed by atoms with Crippen molar-refractivity contribution in [2.24, 2.45) is 5.92 Å². The van der Waals surface area contributed by atoms with Crippen LogP contribution in [0.3, 0.4) is 0 Å². The van der Waals surface area contributed by atoms with Gasteiger partial charge in [0.2, 0.25) is 0 Å². The summed E-state index contributed by atoms with van der Waals surface area (Å²) in [7, 11) is 0. The highest BCUT2D eigenvalue weighted by atomic mass is 16.5. The molecule has 0 saturated carbocycles. The summed E-state index contributed by atoms with van der Waals surface area (Å²) in [5.74, 6) is 0.811. The molecule has 1 aromatic carbocycles. The lowest BCUT2D eigenvalue weighted by Gasteiger charge is -2.36. The zero-order valence-electron chi connectivity index (χ0n) is 12.2. The molecule has 1 saturated heterocycles. The summed E-state index contributed by atoms with van der Waals surface area (Å²) in [6.07, 6.45) is 1.25. The lowest BCUT2D eigenvalue weighted by atomic mass is 9.92. The van der Waals surface area contributed by atoms with Gasteiger partial charge in [0.15, 0.2) is 0 Å². The molecule has 4 nitrogen and oxygen atoms in total. The summed E-state index contributed by atoms with van der Waals surface area (Å²) in [6, 6.07) is 7.36. The first-order valence-corrected chi connectivity index (χ1v) is 7.36. The number of aliphatic hydroxyl groups excluding tert-OH is 1. The number of hydrogen-bond acceptors (Lipinski definition) is 3. The lowest BCUT2D eigenvalue weighted by molar-refractivity contribution is 0.0227. The predicted molar refractivity (Wildman–Crippen MR) is 77.9 cm³/mol. The van der Waals surface area contributed by atoms with Gasteiger partial charge in [0.1, 0.15) is 5.75 Å². The molecule has 1 aromatic rings. The minimum absolute atomic E-state index is 0.000556. The van der Waals surface area contributed by atoms with Gasteiger partial charge >= 0.3 is 0 Å². The molecule has 20 heavy (non-hydrogen) atoms. The number of amides is 1. The van der Waals surface area contributed by atoms with Crippen molar-refractivity contribution >= 4 is 5.91 Å². The number of likely N-dealkylation sites (tertiary alicyclic amines) is 1. The number of piperidine rings is 1. The van der Waals surface area contributed by atoms with Crippen molar-refractivity contribution in [1.29, 1.82) is 0 Å². The van der Waals surface area contributed by atoms with E-state index in [1.165, 1.54) is 0 Å². The van der Waals surface area contributed by atoms with Crippen LogP contribution >= 0.6 is 0 Å². The third-order valence-electron chi connectivity index (χ3n) is 3.92. The molecule has 0 spiro atoms. The van der Waals surface area contributed by atoms with Gasteiger partial charge in [0.05, 0.1) is 18.3 Å². The molecule has 0 bridgehead atoms. The second-order valence-electron chi connectivity index (χ2n) is 5.20. The molecule has 0 radical (unpaired) electrons. The molecule has 2 unspecified atom stereocenters. The predicted octanol–water partition coefficient (Wildman–Crippen LogP) is 2.32. The summed E-state index contributed by atoms with van der Waals surface area (Å²) in [6.45, 7) is 5.73. The second-order valence-corrected chi connectivity index (χ2v) is 5.20. The summed E-state index contributed by atoms with van der Waals surface area (Å²) >= 11 is 0. The first kappa shape index (κ1) is 14.9. The highest BCUT2D eigenvalue weighted by molar-refractivity contribution is 5.97. The Hall–Kier alpha value is -1.55. The van der Waals surface area contributed by atoms with Crippen molar-refractivity contribution in [1.82, 2.24) is 4.90 Å². The fourth-order valence-corrected chi connectivity index (χ4v) is 2.70. The van der Waals surface area contributed by atoms with Crippen LogP contribution in [-0.4, -0.2) is 41.7 Å². The largest absolute Gasteiger partial charge is 0.493 e. The Kier molecular flexibility index (Phi) is 5.01. The van der Waals surface area contributed by atoms with Crippen molar-refractivity contribution in [2.45, 2.75) is 32.8 Å². The van der Waals surface area contributed by atoms with E-state index in [1.54, 1.807) is 6.07 Å². The second kappa shape index (κ2) is 6.75. The number of aliphatic hydroxyl groups is 1. The van der Waals surface area contributed by atoms with E-state index < -0.39 is 0 Å². The first-order valence-electron chi connectivity index (χ1n) is 7.36. The van der Waals surface area contributed by atoms with E-state index in [0.29, 0.717) is 37.4 Å². The smallest absolute Gasteiger partial charge is 0.257 e. The molecule has 0 aliphatic carbocycles. The third kappa shape index (κ3) is 3.12. The highest BCUT2D eigenvalue weighted by Gasteiger charge is 2.30. The van der Waals surface area contributed by atoms with Gasteiger partial charge < -0.3 is 14.7 Å². The zero-order chi connectivity index (χ0) is 14.5. The molecule has 110 valence electrons. The number of hydrogen-bond donors (Lipinski definition) is 1. The maximum atomic E-state index is 12.6. The van der Waals surface area contributed by atoms with E-state index in [0.717, 1.165) is 6.42 Å². The van der Waals surface area contributed by atoms with Crippen LogP contribution in [0.2, 0.25) is 0 Å². The van der Waals surface area contributed by atoms with Gasteiger partial charge in [-0.05, 0) is 31.9 Å². The highest BCUT2D eigenvalue weighted by Crippen LogP contribution is 2.25. The maximum absolute atomic E-state index is 12.6. The quantitative estimate of drug-likeness (QED) is 0.919. The van der Waals surface area contributed by atoms with Crippen LogP contribution in [0.25, 0.3) is 0 Å². The number of benzene rings is 1. The van der Waals surface area contributed by atoms with Crippen LogP contribution < -0.4 is 4.74 Å². The Morgan fingerprint density at radius 1 is 1.40 bits per heavy atom. The first-order chi connectivity index (χ1) is 9.67. The summed E-state index contributed by atoms with van der Waals surface area (Å²) in [4.78, 5) is 14.5. The van der Waals surface area contributed by atoms with E-state index in [9.17, 15) is 9.90 Å². The van der Waals surface area contributed by atoms with E-state index in [2.05, 4.69) is 6.92 Å². The summed E-state index contributed by atoms with van der Waals surface area (Å²) < 4.78 is 5.53. The van der Waals surface area contributed by atoms with Gasteiger partial charge in [-0.3, -0.25) is 4.79 Å². The zero-order valence-corrected chi connectivity index (χ0v) is 12.2. The number of nitrogens with zero attached hydrogens (tertiary/aromatic N) is 1. The van der Waals surface area contributed by atoms with Gasteiger partial charge in [-0.1, -0.05) is 19.1 Å². The average molecular weight is 277 g/mol. The standard InChI is InChI=1S/C16H23NO3/c1-3-12-11-17(10-9-14(12)18)16(19)13-7-5-6-8-15(13)20-4-2/h5-8,12,14,18H,3-4,9-11H2,1-2H3. The van der Waals surface area contributed by atoms with Crippen LogP contribution in [0, 0.1) is 5.92 Å². The molecule has 1 aliphatic heterocycles. The Bertz CT molecular complexity index is 461. The molecule has 0 aromatic heterocycles. The molecule has 4 heteroatoms. The molecular formula is C16H23NO3. The lowest BCUT2D eigenvalue weighted by Crippen LogP contribution is -2.45. The summed E-state index contributed by atoms with van der Waals surface area (Å²) in [5.41, 5.74) is 0.612. The fraction of sp³-hybridized carbons (Fsp3) is 0.562. The Morgan fingerprint density at radius 3 is 2.85 bits per heavy atom. The number of carbonyl (C=O) groups excluding carboxylic acids is 1. The van der Waals surface area contributed by atoms with Crippen LogP contribution in [0.1, 0.15) is 37.0 Å². The molecule has 1 amide bonds. The SMILES string of the molecule is CCOc1ccccc1C(=O)N1CCC(O)C(CC)C1. The van der Waals surface area contributed by atoms with E-state index >= 15 is 0 Å². The van der Waals surface area contributed by atoms with Crippen molar-refractivity contribution in [2.75, 3.05) is 19.7 Å². The third-order valence-corrected chi connectivity index (χ3v) is 3.92. The topological polar surface area (TPSA) is 49.8 Å². The fourth-order valence-electron chi connectivity index (χ4n) is 2.70. The number of rotatable bonds is 4. The van der Waals surface area contributed by atoms with Gasteiger partial charge in [-0.2, -0.15) is 0 Å². The summed E-state index contributed by atoms with van der Waals surface area (Å²) in [5, 5.41) is 9.92. The Labute approximate surface area is 120 Å². The molecule has 2 rings (SSSR count). The molecule has 1 aliphatic rings. The Balaban J connectivity index is 2.15. The monoisotopic (exact) mass is 277 g/mol. The van der Waals surface area contributed by atoms with E-state index in [4.69, 9.17) is 4.74 Å². The van der Waals surface area contributed by atoms with Gasteiger partial charge in [-0.15, -0.1) is 0 Å². The Morgan fingerprint density at radius 2 is 2.15 bits per heavy atom. The molecule has 1 fully saturated rings. The molecule has 1 N–H and O–H groups in total. The van der Waals surface area contributed by atoms with Crippen LogP contribution in [0.15, 0.2) is 24.3 Å². The van der Waals surface area contributed by atoms with Crippen molar-refractivity contribution < 1.29 is 14.6 Å². The molecule has 2 atom stereocenters. The number of ether oxygens (including phenoxy) is 1. The average Bonchev–Trinajstić information content (AvgIpc) is 2.48. The van der Waals surface area contributed by atoms with Crippen molar-refractivity contribution in [3.8, 4) is 5.75 Å². The van der Waals surface area contributed by atoms with Crippen LogP contribution in [-0.2, 0) is 0 Å². The van der Waals surface area contributed by atoms with Gasteiger partial charge in [0.25, 0.3) is 5.91 Å². The van der Waals surface area contributed by atoms with Crippen LogP contribution in [0.4, 0.5) is 0 Å². The normalized spacial score (nSPS) is 22.6. The minimum atomic E-state index is -0.286. The number of para-hydroxylation sites is 1. The van der Waals surface area contributed by atoms with Gasteiger partial charge in [0, 0.05) is 19.0 Å². The molecular weight excluding hydrogens is 254 g/mol. The van der Waals surface area contributed by atoms with Crippen molar-refractivity contribution in [3.05, 3.63) is 29.8 Å². The molecule has 1 heterocycles. The van der Waals surface area contributed by atoms with Crippen LogP contribution in [0.5, 0.6) is 5.75 Å². The van der Waals surface area contributed by atoms with E-state index in [-0.39, 0.29) is 17.9 Å². The van der Waals surface area contributed by atoms with Gasteiger partial charge in [-0.25, -0.2) is 0 Å². The van der Waals surface area contributed by atoms with Crippen molar-refractivity contribution in [3.63, 3.8) is 0 Å². The minimum Gasteiger partial charge on any atom is -0.493 e. The van der Waals surface area contributed by atoms with E-state index in [1.807, 2.05) is 30.0 Å². The maximum Gasteiger partial charge on any atom is 0.257 e.